The number of likely N-dealkylation sites (N-methyl/N-ethyl adjacent to an activating group) is 1. The molecule has 2 saturated heterocycles. The fourth-order valence-electron chi connectivity index (χ4n) is 8.38. The van der Waals surface area contributed by atoms with E-state index in [0.29, 0.717) is 6.42 Å². The Balaban J connectivity index is 2.08. The van der Waals surface area contributed by atoms with E-state index in [1.807, 2.05) is 19.9 Å². The highest BCUT2D eigenvalue weighted by atomic mass is 16.7. The standard InChI is InChI=1S/C45H73NO16/c1-13-33(48)58-31-20-18-16-17-19-27(5)55-36(51)24-32(59-34(49)14-2)42(53-11)41(30(21-22-47)23-26(31)4)62-44-39(52)38(46(9)10)40(28(6)57-44)61-37-25-45(8,54-12)43(29(7)56-37)60-35(50)15-3/h16-18,20,22,26-32,37-44,52H,13-15,19,21,23-25H2,1-12H3/b17-16+,20-18+/t26-,27-,28-,29+,30?,31+,32?,37+,38-,39-,40-,41+,42+,43+,44+,45-/m1/s1. The molecule has 0 amide bonds. The summed E-state index contributed by atoms with van der Waals surface area (Å²) < 4.78 is 61.3. The summed E-state index contributed by atoms with van der Waals surface area (Å²) in [5, 5.41) is 12.2. The number of carbonyl (C=O) groups excluding carboxylic acids is 5. The molecule has 354 valence electrons. The van der Waals surface area contributed by atoms with Gasteiger partial charge in [0.15, 0.2) is 18.7 Å². The molecule has 1 N–H and O–H groups in total. The highest BCUT2D eigenvalue weighted by Gasteiger charge is 2.53. The van der Waals surface area contributed by atoms with E-state index in [0.717, 1.165) is 6.29 Å². The summed E-state index contributed by atoms with van der Waals surface area (Å²) in [5.41, 5.74) is -0.962. The average molecular weight is 884 g/mol. The lowest BCUT2D eigenvalue weighted by Gasteiger charge is -2.51. The number of nitrogens with zero attached hydrogens (tertiary/aromatic N) is 1. The van der Waals surface area contributed by atoms with E-state index in [1.54, 1.807) is 78.8 Å². The monoisotopic (exact) mass is 883 g/mol. The molecule has 17 nitrogen and oxygen atoms in total. The van der Waals surface area contributed by atoms with Gasteiger partial charge in [0, 0.05) is 52.7 Å². The second kappa shape index (κ2) is 25.3. The quantitative estimate of drug-likeness (QED) is 0.138. The fourth-order valence-corrected chi connectivity index (χ4v) is 8.38. The minimum atomic E-state index is -1.39. The first-order chi connectivity index (χ1) is 29.4. The number of methoxy groups -OCH3 is 2. The Morgan fingerprint density at radius 1 is 0.887 bits per heavy atom. The van der Waals surface area contributed by atoms with E-state index < -0.39 is 116 Å². The Kier molecular flexibility index (Phi) is 21.6. The molecule has 16 atom stereocenters. The summed E-state index contributed by atoms with van der Waals surface area (Å²) >= 11 is 0. The van der Waals surface area contributed by atoms with Gasteiger partial charge in [-0.15, -0.1) is 0 Å². The Labute approximate surface area is 367 Å². The summed E-state index contributed by atoms with van der Waals surface area (Å²) in [6.07, 6.45) is -2.83. The van der Waals surface area contributed by atoms with Crippen molar-refractivity contribution in [3.63, 3.8) is 0 Å². The number of aliphatic hydroxyl groups is 1. The first kappa shape index (κ1) is 53.1. The van der Waals surface area contributed by atoms with E-state index in [-0.39, 0.29) is 50.4 Å². The van der Waals surface area contributed by atoms with Gasteiger partial charge in [0.05, 0.1) is 30.8 Å². The van der Waals surface area contributed by atoms with Gasteiger partial charge < -0.3 is 62.2 Å². The molecule has 17 heteroatoms. The van der Waals surface area contributed by atoms with E-state index in [2.05, 4.69) is 0 Å². The largest absolute Gasteiger partial charge is 0.462 e. The van der Waals surface area contributed by atoms with E-state index in [9.17, 15) is 29.1 Å². The van der Waals surface area contributed by atoms with Crippen molar-refractivity contribution in [2.45, 2.75) is 192 Å². The van der Waals surface area contributed by atoms with Gasteiger partial charge in [-0.3, -0.25) is 19.2 Å². The molecule has 0 aliphatic carbocycles. The first-order valence-corrected chi connectivity index (χ1v) is 22.0. The number of rotatable bonds is 15. The van der Waals surface area contributed by atoms with Crippen LogP contribution in [0.1, 0.15) is 107 Å². The van der Waals surface area contributed by atoms with Gasteiger partial charge in [0.2, 0.25) is 0 Å². The molecule has 0 bridgehead atoms. The fraction of sp³-hybridized carbons (Fsp3) is 0.800. The van der Waals surface area contributed by atoms with Crippen molar-refractivity contribution < 1.29 is 76.4 Å². The van der Waals surface area contributed by atoms with Crippen LogP contribution in [0.4, 0.5) is 0 Å². The first-order valence-electron chi connectivity index (χ1n) is 22.0. The Morgan fingerprint density at radius 2 is 1.53 bits per heavy atom. The molecule has 0 radical (unpaired) electrons. The lowest BCUT2D eigenvalue weighted by Crippen LogP contribution is -2.66. The molecule has 2 unspecified atom stereocenters. The Morgan fingerprint density at radius 3 is 2.13 bits per heavy atom. The van der Waals surface area contributed by atoms with E-state index >= 15 is 0 Å². The van der Waals surface area contributed by atoms with Crippen molar-refractivity contribution in [1.29, 1.82) is 0 Å². The lowest BCUT2D eigenvalue weighted by molar-refractivity contribution is -0.345. The predicted molar refractivity (Wildman–Crippen MR) is 224 cm³/mol. The van der Waals surface area contributed by atoms with Gasteiger partial charge in [-0.1, -0.05) is 45.9 Å². The summed E-state index contributed by atoms with van der Waals surface area (Å²) in [6.45, 7) is 14.0. The summed E-state index contributed by atoms with van der Waals surface area (Å²) in [7, 11) is 6.46. The van der Waals surface area contributed by atoms with Crippen LogP contribution < -0.4 is 0 Å². The van der Waals surface area contributed by atoms with Crippen molar-refractivity contribution in [3.8, 4) is 0 Å². The van der Waals surface area contributed by atoms with E-state index in [4.69, 9.17) is 47.4 Å². The maximum absolute atomic E-state index is 13.5. The van der Waals surface area contributed by atoms with Crippen molar-refractivity contribution in [1.82, 2.24) is 4.90 Å². The highest BCUT2D eigenvalue weighted by Crippen LogP contribution is 2.39. The number of hydrogen-bond donors (Lipinski definition) is 1. The van der Waals surface area contributed by atoms with E-state index in [1.165, 1.54) is 14.2 Å². The number of esters is 4. The van der Waals surface area contributed by atoms with Crippen LogP contribution in [0.15, 0.2) is 24.3 Å². The molecule has 2 fully saturated rings. The molecule has 3 aliphatic heterocycles. The average Bonchev–Trinajstić information content (AvgIpc) is 3.22. The van der Waals surface area contributed by atoms with Crippen LogP contribution in [-0.2, 0) is 71.3 Å². The molecular formula is C45H73NO16. The molecule has 0 aromatic heterocycles. The molecule has 0 aromatic carbocycles. The zero-order valence-corrected chi connectivity index (χ0v) is 38.7. The molecule has 0 saturated carbocycles. The lowest BCUT2D eigenvalue weighted by atomic mass is 9.82. The second-order valence-electron chi connectivity index (χ2n) is 16.9. The van der Waals surface area contributed by atoms with Crippen LogP contribution in [0, 0.1) is 11.8 Å². The number of cyclic esters (lactones) is 1. The maximum atomic E-state index is 13.5. The SMILES string of the molecule is CCC(=O)OC1CC(=O)O[C@H](C)C/C=C/C=C/[C@H](OC(=O)CC)[C@H](C)CC(CC=O)[C@H](O[C@@H]2O[C@H](C)[C@@H](O[C@H]3C[C@@](C)(OC)[C@@H](OC(=O)CC)[C@H](C)O3)[C@H](N(C)C)[C@H]2O)[C@H]1OC. The summed E-state index contributed by atoms with van der Waals surface area (Å²) in [5.74, 6) is -3.17. The zero-order chi connectivity index (χ0) is 46.3. The number of allylic oxidation sites excluding steroid dienone is 2. The van der Waals surface area contributed by atoms with Crippen LogP contribution in [0.3, 0.4) is 0 Å². The van der Waals surface area contributed by atoms with Crippen LogP contribution in [0.5, 0.6) is 0 Å². The summed E-state index contributed by atoms with van der Waals surface area (Å²) in [4.78, 5) is 65.7. The van der Waals surface area contributed by atoms with Gasteiger partial charge in [-0.25, -0.2) is 0 Å². The second-order valence-corrected chi connectivity index (χ2v) is 16.9. The molecule has 62 heavy (non-hydrogen) atoms. The van der Waals surface area contributed by atoms with Gasteiger partial charge in [-0.05, 0) is 66.1 Å². The van der Waals surface area contributed by atoms with Gasteiger partial charge >= 0.3 is 23.9 Å². The van der Waals surface area contributed by atoms with Crippen LogP contribution in [0.2, 0.25) is 0 Å². The Hall–Kier alpha value is -3.29. The number of carbonyl (C=O) groups is 5. The van der Waals surface area contributed by atoms with Crippen LogP contribution in [-0.4, -0.2) is 154 Å². The number of aliphatic hydroxyl groups excluding tert-OH is 1. The highest BCUT2D eigenvalue weighted by molar-refractivity contribution is 5.73. The van der Waals surface area contributed by atoms with Crippen molar-refractivity contribution >= 4 is 30.2 Å². The van der Waals surface area contributed by atoms with Gasteiger partial charge in [0.1, 0.15) is 48.5 Å². The van der Waals surface area contributed by atoms with Crippen LogP contribution in [0.25, 0.3) is 0 Å². The number of aldehydes is 1. The molecular weight excluding hydrogens is 810 g/mol. The minimum absolute atomic E-state index is 0.00819. The zero-order valence-electron chi connectivity index (χ0n) is 38.7. The third-order valence-corrected chi connectivity index (χ3v) is 11.9. The smallest absolute Gasteiger partial charge is 0.309 e. The molecule has 3 rings (SSSR count). The topological polar surface area (TPSA) is 201 Å². The van der Waals surface area contributed by atoms with Crippen molar-refractivity contribution in [3.05, 3.63) is 24.3 Å². The van der Waals surface area contributed by atoms with Gasteiger partial charge in [-0.2, -0.15) is 0 Å². The Bertz CT molecular complexity index is 1510. The molecule has 3 heterocycles. The van der Waals surface area contributed by atoms with Gasteiger partial charge in [0.25, 0.3) is 0 Å². The minimum Gasteiger partial charge on any atom is -0.462 e. The third kappa shape index (κ3) is 14.6. The molecule has 3 aliphatic rings. The van der Waals surface area contributed by atoms with Crippen LogP contribution >= 0.6 is 0 Å². The summed E-state index contributed by atoms with van der Waals surface area (Å²) in [6, 6.07) is -0.760. The molecule has 0 spiro atoms. The normalized spacial score (nSPS) is 38.6. The molecule has 0 aromatic rings. The predicted octanol–water partition coefficient (Wildman–Crippen LogP) is 4.38. The maximum Gasteiger partial charge on any atom is 0.309 e. The van der Waals surface area contributed by atoms with Crippen molar-refractivity contribution in [2.75, 3.05) is 28.3 Å². The number of ether oxygens (including phenoxy) is 10. The number of hydrogen-bond acceptors (Lipinski definition) is 17. The third-order valence-electron chi connectivity index (χ3n) is 11.9. The van der Waals surface area contributed by atoms with Crippen molar-refractivity contribution in [2.24, 2.45) is 11.8 Å².